The van der Waals surface area contributed by atoms with Crippen molar-refractivity contribution in [1.29, 1.82) is 0 Å². The highest BCUT2D eigenvalue weighted by Gasteiger charge is 2.31. The van der Waals surface area contributed by atoms with Crippen molar-refractivity contribution in [2.24, 2.45) is 4.99 Å². The highest BCUT2D eigenvalue weighted by atomic mass is 16.5. The van der Waals surface area contributed by atoms with Crippen LogP contribution < -0.4 is 15.4 Å². The SMILES string of the molecule is CCNC(=NCC1CN2CCN1CC2)NCCc1cc(C)ccc1OC. The van der Waals surface area contributed by atoms with Gasteiger partial charge in [-0.3, -0.25) is 14.8 Å². The molecule has 144 valence electrons. The minimum absolute atomic E-state index is 0.560. The summed E-state index contributed by atoms with van der Waals surface area (Å²) < 4.78 is 5.48. The Kier molecular flexibility index (Phi) is 6.74. The summed E-state index contributed by atoms with van der Waals surface area (Å²) in [6, 6.07) is 6.89. The number of methoxy groups -OCH3 is 1. The lowest BCUT2D eigenvalue weighted by Gasteiger charge is -2.47. The Morgan fingerprint density at radius 2 is 2.04 bits per heavy atom. The average molecular weight is 360 g/mol. The van der Waals surface area contributed by atoms with Crippen LogP contribution in [0.25, 0.3) is 0 Å². The number of ether oxygens (including phenoxy) is 1. The van der Waals surface area contributed by atoms with Gasteiger partial charge in [-0.05, 0) is 31.9 Å². The van der Waals surface area contributed by atoms with Crippen molar-refractivity contribution in [3.63, 3.8) is 0 Å². The lowest BCUT2D eigenvalue weighted by Crippen LogP contribution is -2.62. The van der Waals surface area contributed by atoms with Crippen molar-refractivity contribution < 1.29 is 4.74 Å². The number of nitrogens with zero attached hydrogens (tertiary/aromatic N) is 3. The van der Waals surface area contributed by atoms with Crippen LogP contribution in [0.5, 0.6) is 5.75 Å². The molecule has 1 atom stereocenters. The van der Waals surface area contributed by atoms with E-state index in [1.165, 1.54) is 37.3 Å². The van der Waals surface area contributed by atoms with Crippen molar-refractivity contribution in [2.45, 2.75) is 26.3 Å². The fourth-order valence-electron chi connectivity index (χ4n) is 3.85. The first kappa shape index (κ1) is 19.0. The molecule has 0 saturated carbocycles. The van der Waals surface area contributed by atoms with Crippen molar-refractivity contribution in [3.05, 3.63) is 29.3 Å². The van der Waals surface area contributed by atoms with Crippen LogP contribution in [0.1, 0.15) is 18.1 Å². The molecule has 1 aromatic carbocycles. The predicted octanol–water partition coefficient (Wildman–Crippen LogP) is 1.10. The zero-order chi connectivity index (χ0) is 18.4. The van der Waals surface area contributed by atoms with Gasteiger partial charge >= 0.3 is 0 Å². The van der Waals surface area contributed by atoms with E-state index in [2.05, 4.69) is 46.4 Å². The standard InChI is InChI=1S/C20H33N5O/c1-4-21-20(23-14-18-15-24-9-11-25(18)12-10-24)22-8-7-17-13-16(2)5-6-19(17)26-3/h5-6,13,18H,4,7-12,14-15H2,1-3H3,(H2,21,22,23). The molecule has 0 aromatic heterocycles. The van der Waals surface area contributed by atoms with Crippen molar-refractivity contribution >= 4 is 5.96 Å². The first-order valence-corrected chi connectivity index (χ1v) is 9.81. The van der Waals surface area contributed by atoms with Gasteiger partial charge in [0.15, 0.2) is 5.96 Å². The minimum Gasteiger partial charge on any atom is -0.496 e. The van der Waals surface area contributed by atoms with Gasteiger partial charge in [-0.15, -0.1) is 0 Å². The second-order valence-corrected chi connectivity index (χ2v) is 7.20. The van der Waals surface area contributed by atoms with E-state index in [9.17, 15) is 0 Å². The molecule has 0 radical (unpaired) electrons. The third kappa shape index (κ3) is 4.89. The molecule has 0 spiro atoms. The molecule has 2 N–H and O–H groups in total. The summed E-state index contributed by atoms with van der Waals surface area (Å²) in [5, 5.41) is 6.84. The first-order chi connectivity index (χ1) is 12.7. The Morgan fingerprint density at radius 3 is 2.69 bits per heavy atom. The first-order valence-electron chi connectivity index (χ1n) is 9.81. The van der Waals surface area contributed by atoms with Crippen molar-refractivity contribution in [2.75, 3.05) is 59.5 Å². The van der Waals surface area contributed by atoms with Gasteiger partial charge in [0.2, 0.25) is 0 Å². The summed E-state index contributed by atoms with van der Waals surface area (Å²) in [5.74, 6) is 1.87. The number of hydrogen-bond donors (Lipinski definition) is 2. The lowest BCUT2D eigenvalue weighted by atomic mass is 10.1. The van der Waals surface area contributed by atoms with E-state index in [4.69, 9.17) is 9.73 Å². The molecule has 3 saturated heterocycles. The zero-order valence-electron chi connectivity index (χ0n) is 16.4. The molecular weight excluding hydrogens is 326 g/mol. The van der Waals surface area contributed by atoms with Gasteiger partial charge in [-0.1, -0.05) is 17.7 Å². The fourth-order valence-corrected chi connectivity index (χ4v) is 3.85. The van der Waals surface area contributed by atoms with Gasteiger partial charge in [-0.2, -0.15) is 0 Å². The molecule has 1 unspecified atom stereocenters. The molecule has 3 heterocycles. The van der Waals surface area contributed by atoms with Gasteiger partial charge in [0.25, 0.3) is 0 Å². The third-order valence-corrected chi connectivity index (χ3v) is 5.32. The Balaban J connectivity index is 1.52. The third-order valence-electron chi connectivity index (χ3n) is 5.32. The lowest BCUT2D eigenvalue weighted by molar-refractivity contribution is 0.0174. The number of aryl methyl sites for hydroxylation is 1. The van der Waals surface area contributed by atoms with Crippen LogP contribution in [0.15, 0.2) is 23.2 Å². The van der Waals surface area contributed by atoms with Gasteiger partial charge in [0.05, 0.1) is 13.7 Å². The van der Waals surface area contributed by atoms with E-state index in [0.717, 1.165) is 44.3 Å². The topological polar surface area (TPSA) is 52.1 Å². The summed E-state index contributed by atoms with van der Waals surface area (Å²) in [6.45, 7) is 12.8. The van der Waals surface area contributed by atoms with E-state index in [1.807, 2.05) is 6.07 Å². The van der Waals surface area contributed by atoms with E-state index in [-0.39, 0.29) is 0 Å². The number of fused-ring (bicyclic) bond motifs is 3. The Bertz CT molecular complexity index is 610. The number of benzene rings is 1. The second kappa shape index (κ2) is 9.24. The summed E-state index contributed by atoms with van der Waals surface area (Å²) >= 11 is 0. The van der Waals surface area contributed by atoms with E-state index in [1.54, 1.807) is 7.11 Å². The molecule has 3 aliphatic rings. The maximum absolute atomic E-state index is 5.48. The summed E-state index contributed by atoms with van der Waals surface area (Å²) in [5.41, 5.74) is 2.50. The monoisotopic (exact) mass is 359 g/mol. The summed E-state index contributed by atoms with van der Waals surface area (Å²) in [6.07, 6.45) is 0.915. The molecular formula is C20H33N5O. The number of nitrogens with one attached hydrogen (secondary N) is 2. The van der Waals surface area contributed by atoms with Gasteiger partial charge in [0.1, 0.15) is 5.75 Å². The molecule has 4 rings (SSSR count). The van der Waals surface area contributed by atoms with Crippen LogP contribution in [0.4, 0.5) is 0 Å². The molecule has 0 amide bonds. The number of piperazine rings is 3. The highest BCUT2D eigenvalue weighted by Crippen LogP contribution is 2.19. The van der Waals surface area contributed by atoms with Crippen LogP contribution in [0.2, 0.25) is 0 Å². The number of hydrogen-bond acceptors (Lipinski definition) is 4. The van der Waals surface area contributed by atoms with E-state index >= 15 is 0 Å². The largest absolute Gasteiger partial charge is 0.496 e. The Labute approximate surface area is 157 Å². The van der Waals surface area contributed by atoms with Crippen molar-refractivity contribution in [3.8, 4) is 5.75 Å². The smallest absolute Gasteiger partial charge is 0.191 e. The quantitative estimate of drug-likeness (QED) is 0.564. The fraction of sp³-hybridized carbons (Fsp3) is 0.650. The number of aliphatic imine (C=N–C) groups is 1. The molecule has 0 aliphatic carbocycles. The van der Waals surface area contributed by atoms with Crippen molar-refractivity contribution in [1.82, 2.24) is 20.4 Å². The normalized spacial score (nSPS) is 25.2. The summed E-state index contributed by atoms with van der Waals surface area (Å²) in [4.78, 5) is 9.99. The Hall–Kier alpha value is -1.79. The van der Waals surface area contributed by atoms with Crippen LogP contribution in [0, 0.1) is 6.92 Å². The van der Waals surface area contributed by atoms with Crippen LogP contribution in [-0.4, -0.2) is 81.3 Å². The van der Waals surface area contributed by atoms with Crippen LogP contribution in [0.3, 0.4) is 0 Å². The highest BCUT2D eigenvalue weighted by molar-refractivity contribution is 5.79. The van der Waals surface area contributed by atoms with Crippen LogP contribution >= 0.6 is 0 Å². The minimum atomic E-state index is 0.560. The summed E-state index contributed by atoms with van der Waals surface area (Å²) in [7, 11) is 1.73. The van der Waals surface area contributed by atoms with Crippen LogP contribution in [-0.2, 0) is 6.42 Å². The molecule has 26 heavy (non-hydrogen) atoms. The maximum Gasteiger partial charge on any atom is 0.191 e. The molecule has 1 aromatic rings. The van der Waals surface area contributed by atoms with Gasteiger partial charge in [0, 0.05) is 51.9 Å². The molecule has 3 aliphatic heterocycles. The number of guanidine groups is 1. The van der Waals surface area contributed by atoms with E-state index in [0.29, 0.717) is 6.04 Å². The molecule has 2 bridgehead atoms. The van der Waals surface area contributed by atoms with E-state index < -0.39 is 0 Å². The average Bonchev–Trinajstić information content (AvgIpc) is 2.67. The molecule has 6 nitrogen and oxygen atoms in total. The predicted molar refractivity (Wildman–Crippen MR) is 107 cm³/mol. The second-order valence-electron chi connectivity index (χ2n) is 7.20. The van der Waals surface area contributed by atoms with Gasteiger partial charge in [-0.25, -0.2) is 0 Å². The van der Waals surface area contributed by atoms with Gasteiger partial charge < -0.3 is 15.4 Å². The Morgan fingerprint density at radius 1 is 1.23 bits per heavy atom. The molecule has 3 fully saturated rings. The molecule has 6 heteroatoms. The maximum atomic E-state index is 5.48. The number of rotatable bonds is 7. The zero-order valence-corrected chi connectivity index (χ0v) is 16.4.